The Bertz CT molecular complexity index is 4480. The number of methoxy groups -OCH3 is 2. The first-order valence-corrected chi connectivity index (χ1v) is 46.8. The third kappa shape index (κ3) is 36.6. The highest BCUT2D eigenvalue weighted by Gasteiger charge is 2.45. The first-order valence-electron chi connectivity index (χ1n) is 46.8. The second kappa shape index (κ2) is 57.6. The van der Waals surface area contributed by atoms with Gasteiger partial charge in [-0.15, -0.1) is 0 Å². The molecule has 18 amide bonds. The van der Waals surface area contributed by atoms with Crippen molar-refractivity contribution in [3.8, 4) is 0 Å². The number of aliphatic hydroxyl groups excluding tert-OH is 2. The molecule has 3 aliphatic rings. The third-order valence-electron chi connectivity index (χ3n) is 24.5. The molecule has 0 aliphatic carbocycles. The van der Waals surface area contributed by atoms with Gasteiger partial charge in [0.15, 0.2) is 0 Å². The number of likely N-dealkylation sites (tertiary alicyclic amines) is 1. The van der Waals surface area contributed by atoms with E-state index in [1.807, 2.05) is 58.0 Å². The summed E-state index contributed by atoms with van der Waals surface area (Å²) < 4.78 is 17.8. The van der Waals surface area contributed by atoms with Crippen LogP contribution in [0.2, 0.25) is 0 Å². The topological polar surface area (TPSA) is 535 Å². The number of aliphatic hydroxyl groups is 2. The highest BCUT2D eigenvalue weighted by molar-refractivity contribution is 6.13. The van der Waals surface area contributed by atoms with Gasteiger partial charge in [-0.05, 0) is 141 Å². The summed E-state index contributed by atoms with van der Waals surface area (Å²) in [5.74, 6) is -8.24. The zero-order chi connectivity index (χ0) is 100. The van der Waals surface area contributed by atoms with Crippen LogP contribution in [0.4, 0.5) is 25.8 Å². The summed E-state index contributed by atoms with van der Waals surface area (Å²) in [6.45, 7) is 22.7. The largest absolute Gasteiger partial charge is 0.445 e. The van der Waals surface area contributed by atoms with Crippen LogP contribution < -0.4 is 59.3 Å². The van der Waals surface area contributed by atoms with Gasteiger partial charge < -0.3 is 93.5 Å². The molecule has 0 spiro atoms. The maximum absolute atomic E-state index is 14.8. The minimum atomic E-state index is -1.11. The van der Waals surface area contributed by atoms with E-state index in [2.05, 4.69) is 47.9 Å². The number of rotatable bonds is 56. The highest BCUT2D eigenvalue weighted by atomic mass is 16.6. The number of nitrogens with one attached hydrogen (secondary N) is 9. The van der Waals surface area contributed by atoms with Crippen molar-refractivity contribution in [2.24, 2.45) is 52.9 Å². The van der Waals surface area contributed by atoms with Crippen LogP contribution in [0.15, 0.2) is 103 Å². The van der Waals surface area contributed by atoms with E-state index in [1.54, 1.807) is 128 Å². The molecule has 135 heavy (non-hydrogen) atoms. The Morgan fingerprint density at radius 3 is 1.39 bits per heavy atom. The Morgan fingerprint density at radius 2 is 0.970 bits per heavy atom. The van der Waals surface area contributed by atoms with Crippen LogP contribution in [0.3, 0.4) is 0 Å². The molecule has 0 saturated carbocycles. The number of primary amides is 2. The smallest absolute Gasteiger partial charge is 0.410 e. The lowest BCUT2D eigenvalue weighted by Crippen LogP contribution is -2.60. The van der Waals surface area contributed by atoms with Gasteiger partial charge in [-0.3, -0.25) is 81.8 Å². The van der Waals surface area contributed by atoms with E-state index in [0.29, 0.717) is 93.3 Å². The van der Waals surface area contributed by atoms with Crippen LogP contribution in [-0.2, 0) is 94.5 Å². The first kappa shape index (κ1) is 113. The Labute approximate surface area is 792 Å². The maximum atomic E-state index is 14.8. The number of hydrogen-bond acceptors (Lipinski definition) is 22. The van der Waals surface area contributed by atoms with Crippen molar-refractivity contribution in [1.29, 1.82) is 0 Å². The van der Waals surface area contributed by atoms with Gasteiger partial charge in [-0.1, -0.05) is 157 Å². The van der Waals surface area contributed by atoms with Gasteiger partial charge in [-0.25, -0.2) is 14.4 Å². The number of ketones is 1. The number of nitrogens with zero attached hydrogens (tertiary/aromatic N) is 5. The summed E-state index contributed by atoms with van der Waals surface area (Å²) in [6.07, 6.45) is 8.18. The molecular formula is C97H146N16O22. The molecule has 3 aliphatic heterocycles. The van der Waals surface area contributed by atoms with E-state index in [-0.39, 0.29) is 155 Å². The predicted molar refractivity (Wildman–Crippen MR) is 505 cm³/mol. The molecule has 3 heterocycles. The Kier molecular flexibility index (Phi) is 48.5. The quantitative estimate of drug-likeness (QED) is 0.0203. The van der Waals surface area contributed by atoms with E-state index in [0.717, 1.165) is 15.4 Å². The first-order chi connectivity index (χ1) is 64.0. The molecule has 0 unspecified atom stereocenters. The number of carbonyl (C=O) groups excluding carboxylic acids is 17. The lowest BCUT2D eigenvalue weighted by molar-refractivity contribution is -0.148. The van der Waals surface area contributed by atoms with E-state index in [1.165, 1.54) is 43.4 Å². The summed E-state index contributed by atoms with van der Waals surface area (Å²) in [4.78, 5) is 227. The molecule has 0 bridgehead atoms. The van der Waals surface area contributed by atoms with Crippen LogP contribution in [0.5, 0.6) is 0 Å². The van der Waals surface area contributed by atoms with Gasteiger partial charge in [0.25, 0.3) is 23.6 Å². The van der Waals surface area contributed by atoms with Gasteiger partial charge in [0.05, 0.1) is 43.4 Å². The summed E-state index contributed by atoms with van der Waals surface area (Å²) >= 11 is 0. The summed E-state index contributed by atoms with van der Waals surface area (Å²) in [6, 6.07) is 13.6. The number of urea groups is 2. The van der Waals surface area contributed by atoms with Crippen LogP contribution in [0.25, 0.3) is 0 Å². The number of hydrogen-bond donors (Lipinski definition) is 13. The van der Waals surface area contributed by atoms with Crippen molar-refractivity contribution >= 4 is 112 Å². The average molecular weight is 1890 g/mol. The summed E-state index contributed by atoms with van der Waals surface area (Å²) in [5, 5.41) is 44.6. The van der Waals surface area contributed by atoms with Crippen molar-refractivity contribution in [3.63, 3.8) is 0 Å². The molecule has 0 aromatic heterocycles. The van der Waals surface area contributed by atoms with Gasteiger partial charge in [0.2, 0.25) is 53.2 Å². The van der Waals surface area contributed by atoms with Gasteiger partial charge >= 0.3 is 18.2 Å². The third-order valence-corrected chi connectivity index (χ3v) is 24.5. The van der Waals surface area contributed by atoms with E-state index < -0.39 is 138 Å². The lowest BCUT2D eigenvalue weighted by atomic mass is 9.85. The minimum Gasteiger partial charge on any atom is -0.445 e. The predicted octanol–water partition coefficient (Wildman–Crippen LogP) is 6.84. The number of imide groups is 2. The number of anilines is 2. The summed E-state index contributed by atoms with van der Waals surface area (Å²) in [5.41, 5.74) is 13.1. The monoisotopic (exact) mass is 1890 g/mol. The van der Waals surface area contributed by atoms with Crippen molar-refractivity contribution in [2.45, 2.75) is 272 Å². The zero-order valence-electron chi connectivity index (χ0n) is 81.1. The molecule has 1 fully saturated rings. The number of nitrogens with two attached hydrogens (primary N) is 2. The number of Topliss-reactive ketones (excluding diaryl/α,β-unsaturated/α-hetero) is 1. The van der Waals surface area contributed by atoms with Crippen LogP contribution >= 0.6 is 0 Å². The molecule has 3 aromatic carbocycles. The maximum Gasteiger partial charge on any atom is 0.410 e. The van der Waals surface area contributed by atoms with Gasteiger partial charge in [0.1, 0.15) is 48.6 Å². The fourth-order valence-corrected chi connectivity index (χ4v) is 16.5. The number of ether oxygens (including phenoxy) is 3. The molecular weight excluding hydrogens is 1740 g/mol. The normalized spacial score (nSPS) is 16.4. The molecule has 38 heteroatoms. The molecule has 6 rings (SSSR count). The zero-order valence-corrected chi connectivity index (χ0v) is 81.1. The number of carbonyl (C=O) groups is 17. The van der Waals surface area contributed by atoms with Crippen molar-refractivity contribution in [3.05, 3.63) is 120 Å². The number of likely N-dealkylation sites (N-methyl/N-ethyl adjacent to an activating group) is 2. The Balaban J connectivity index is 0.000000652. The standard InChI is InChI=1S/C69H106N10O15.C28H40N6O7/c1-15-44(8)61(53(92-13)39-57(84)78-37-23-27-51(78)63(93-14)46(10)52(80)38-45(9)62(85)48-24-18-16-19-25-48)76(11)67(89)59(42(4)5)75-66(88)60(43(6)7)77(12)69(91)94-40-47-29-31-49(32-30-47)72-64(86)50(26-22-35-71-68(70)90)73-65(87)58(41(2)3)74-54(81)28-20-17-21-36-79-55(82)33-34-56(79)83;1-18(2)25(33-22(36)8-4-3-5-16-34-23(37)13-14-24(34)38)27(40)32-21(7-6-15-30-28(29)41)26(39)31-20-11-9-19(17-35)10-12-20/h16,18-19,24-25,29-34,41-46,50-51,53,58-63,85H,15,17,20-23,26-28,35-40H2,1-14H3,(H,72,86)(H,73,87)(H,74,81)(H,75,88)(H3,70,71,90);9-14,18,21,25,35H,3-8,15-17H2,1-2H3,(H,31,39)(H,32,40)(H,33,36)(H3,29,30,41)/t44-,45-,46-,50-,51-,53+,58-,59-,60-,61-,62+,63+;21-,25-/m00/s1. The molecule has 0 radical (unpaired) electrons. The van der Waals surface area contributed by atoms with E-state index >= 15 is 0 Å². The molecule has 3 aromatic rings. The lowest BCUT2D eigenvalue weighted by Gasteiger charge is -2.41. The van der Waals surface area contributed by atoms with Crippen LogP contribution in [0.1, 0.15) is 215 Å². The SMILES string of the molecule is CC(C)[C@H](NC(=O)CCCCCN1C(=O)C=CC1=O)C(=O)N[C@@H](CCCNC(N)=O)C(=O)Nc1ccc(CO)cc1.CC[C@H](C)[C@@H]([C@@H](CC(=O)N1CCC[C@H]1[C@H](OC)[C@@H](C)C(=O)C[C@H](C)[C@@H](O)c1ccccc1)OC)N(C)C(=O)[C@@H](NC(=O)[C@H](C(C)C)N(C)C(=O)OCc1ccc(NC(=O)[C@H](CCCNC(N)=O)NC(=O)[C@@H](NC(=O)CCCCCN2C(=O)C=CC2=O)C(C)C)cc1)C(C)C. The minimum absolute atomic E-state index is 0.0768. The molecule has 1 saturated heterocycles. The van der Waals surface area contributed by atoms with Crippen molar-refractivity contribution in [2.75, 3.05) is 71.7 Å². The molecule has 14 atom stereocenters. The highest BCUT2D eigenvalue weighted by Crippen LogP contribution is 2.33. The average Bonchev–Trinajstić information content (AvgIpc) is 1.76. The van der Waals surface area contributed by atoms with Crippen LogP contribution in [0, 0.1) is 41.4 Å². The molecule has 746 valence electrons. The molecule has 38 nitrogen and oxygen atoms in total. The van der Waals surface area contributed by atoms with Gasteiger partial charge in [0, 0.05) is 122 Å². The Morgan fingerprint density at radius 1 is 0.511 bits per heavy atom. The van der Waals surface area contributed by atoms with E-state index in [4.69, 9.17) is 25.7 Å². The number of unbranched alkanes of at least 4 members (excludes halogenated alkanes) is 4. The second-order valence-corrected chi connectivity index (χ2v) is 36.2. The fraction of sp³-hybridized carbons (Fsp3) is 0.598. The van der Waals surface area contributed by atoms with Crippen molar-refractivity contribution < 1.29 is 106 Å². The summed E-state index contributed by atoms with van der Waals surface area (Å²) in [7, 11) is 6.12. The fourth-order valence-electron chi connectivity index (χ4n) is 16.5. The van der Waals surface area contributed by atoms with E-state index in [9.17, 15) is 91.7 Å². The van der Waals surface area contributed by atoms with Crippen LogP contribution in [-0.4, -0.2) is 257 Å². The number of amides is 18. The second-order valence-electron chi connectivity index (χ2n) is 36.2. The Hall–Kier alpha value is -12.0. The van der Waals surface area contributed by atoms with Gasteiger partial charge in [-0.2, -0.15) is 0 Å². The van der Waals surface area contributed by atoms with Crippen molar-refractivity contribution in [1.82, 2.24) is 61.7 Å². The number of benzene rings is 3. The molecule has 15 N–H and O–H groups in total.